The Labute approximate surface area is 139 Å². The molecule has 3 rings (SSSR count). The molecule has 1 atom stereocenters. The quantitative estimate of drug-likeness (QED) is 0.539. The molecule has 3 aromatic rings. The van der Waals surface area contributed by atoms with Crippen LogP contribution in [0.4, 0.5) is 0 Å². The van der Waals surface area contributed by atoms with Crippen molar-refractivity contribution in [3.05, 3.63) is 79.8 Å². The van der Waals surface area contributed by atoms with Gasteiger partial charge < -0.3 is 5.11 Å². The lowest BCUT2D eigenvalue weighted by atomic mass is 9.99. The first-order valence-corrected chi connectivity index (χ1v) is 8.14. The summed E-state index contributed by atoms with van der Waals surface area (Å²) in [6.07, 6.45) is -0.622. The molecule has 1 nitrogen and oxygen atoms in total. The van der Waals surface area contributed by atoms with Gasteiger partial charge in [0.05, 0.1) is 0 Å². The highest BCUT2D eigenvalue weighted by molar-refractivity contribution is 14.1. The number of rotatable bonds is 2. The number of halogens is 2. The van der Waals surface area contributed by atoms with Gasteiger partial charge in [-0.3, -0.25) is 0 Å². The summed E-state index contributed by atoms with van der Waals surface area (Å²) in [7, 11) is 0. The predicted molar refractivity (Wildman–Crippen MR) is 94.9 cm³/mol. The summed E-state index contributed by atoms with van der Waals surface area (Å²) in [6.45, 7) is 0. The van der Waals surface area contributed by atoms with E-state index >= 15 is 0 Å². The Kier molecular flexibility index (Phi) is 4.10. The van der Waals surface area contributed by atoms with E-state index in [1.807, 2.05) is 42.5 Å². The van der Waals surface area contributed by atoms with Crippen molar-refractivity contribution >= 4 is 49.3 Å². The smallest absolute Gasteiger partial charge is 0.105 e. The van der Waals surface area contributed by atoms with Crippen LogP contribution in [0, 0.1) is 3.57 Å². The first kappa shape index (κ1) is 14.0. The van der Waals surface area contributed by atoms with Crippen LogP contribution >= 0.6 is 38.5 Å². The van der Waals surface area contributed by atoms with Crippen LogP contribution in [0.15, 0.2) is 65.1 Å². The van der Waals surface area contributed by atoms with E-state index in [1.54, 1.807) is 0 Å². The van der Waals surface area contributed by atoms with Crippen LogP contribution in [0.2, 0.25) is 0 Å². The number of benzene rings is 3. The topological polar surface area (TPSA) is 20.2 Å². The van der Waals surface area contributed by atoms with Gasteiger partial charge in [0.15, 0.2) is 0 Å². The molecule has 1 N–H and O–H groups in total. The fourth-order valence-corrected chi connectivity index (χ4v) is 3.26. The fraction of sp³-hybridized carbons (Fsp3) is 0.0588. The maximum atomic E-state index is 10.6. The molecule has 0 amide bonds. The monoisotopic (exact) mass is 438 g/mol. The van der Waals surface area contributed by atoms with Crippen molar-refractivity contribution in [3.63, 3.8) is 0 Å². The lowest BCUT2D eigenvalue weighted by Gasteiger charge is -2.14. The molecule has 0 saturated heterocycles. The van der Waals surface area contributed by atoms with Gasteiger partial charge in [0.1, 0.15) is 6.10 Å². The molecule has 20 heavy (non-hydrogen) atoms. The van der Waals surface area contributed by atoms with Crippen LogP contribution < -0.4 is 0 Å². The van der Waals surface area contributed by atoms with Gasteiger partial charge in [-0.15, -0.1) is 0 Å². The molecule has 0 radical (unpaired) electrons. The fourth-order valence-electron chi connectivity index (χ4n) is 2.28. The minimum atomic E-state index is -0.622. The average Bonchev–Trinajstić information content (AvgIpc) is 2.48. The molecule has 0 aliphatic heterocycles. The number of hydrogen-bond donors (Lipinski definition) is 1. The number of hydrogen-bond acceptors (Lipinski definition) is 1. The summed E-state index contributed by atoms with van der Waals surface area (Å²) in [4.78, 5) is 0. The van der Waals surface area contributed by atoms with Gasteiger partial charge in [-0.2, -0.15) is 0 Å². The highest BCUT2D eigenvalue weighted by atomic mass is 127. The van der Waals surface area contributed by atoms with Crippen molar-refractivity contribution in [2.45, 2.75) is 6.10 Å². The summed E-state index contributed by atoms with van der Waals surface area (Å²) < 4.78 is 2.04. The normalized spacial score (nSPS) is 12.6. The first-order chi connectivity index (χ1) is 9.65. The van der Waals surface area contributed by atoms with Crippen molar-refractivity contribution in [2.24, 2.45) is 0 Å². The SMILES string of the molecule is OC(c1ccc2ccccc2c1)c1cc(I)ccc1Br. The molecule has 0 aliphatic carbocycles. The van der Waals surface area contributed by atoms with Crippen molar-refractivity contribution in [1.82, 2.24) is 0 Å². The van der Waals surface area contributed by atoms with E-state index in [0.29, 0.717) is 0 Å². The van der Waals surface area contributed by atoms with Crippen molar-refractivity contribution < 1.29 is 5.11 Å². The highest BCUT2D eigenvalue weighted by Crippen LogP contribution is 2.31. The Morgan fingerprint density at radius 1 is 0.900 bits per heavy atom. The zero-order valence-electron chi connectivity index (χ0n) is 10.6. The van der Waals surface area contributed by atoms with E-state index in [4.69, 9.17) is 0 Å². The number of aliphatic hydroxyl groups excluding tert-OH is 1. The zero-order chi connectivity index (χ0) is 14.1. The van der Waals surface area contributed by atoms with E-state index in [1.165, 1.54) is 5.39 Å². The Bertz CT molecular complexity index is 770. The third-order valence-corrected chi connectivity index (χ3v) is 4.74. The van der Waals surface area contributed by atoms with Gasteiger partial charge in [-0.25, -0.2) is 0 Å². The first-order valence-electron chi connectivity index (χ1n) is 6.27. The second-order valence-corrected chi connectivity index (χ2v) is 6.77. The van der Waals surface area contributed by atoms with Gasteiger partial charge in [-0.05, 0) is 63.2 Å². The molecule has 0 bridgehead atoms. The largest absolute Gasteiger partial charge is 0.384 e. The van der Waals surface area contributed by atoms with Crippen LogP contribution in [-0.4, -0.2) is 5.11 Å². The summed E-state index contributed by atoms with van der Waals surface area (Å²) in [5.74, 6) is 0. The van der Waals surface area contributed by atoms with E-state index in [-0.39, 0.29) is 0 Å². The maximum Gasteiger partial charge on any atom is 0.105 e. The highest BCUT2D eigenvalue weighted by Gasteiger charge is 2.14. The Morgan fingerprint density at radius 3 is 2.45 bits per heavy atom. The summed E-state index contributed by atoms with van der Waals surface area (Å²) >= 11 is 5.77. The van der Waals surface area contributed by atoms with Crippen LogP contribution in [-0.2, 0) is 0 Å². The molecular formula is C17H12BrIO. The Hall–Kier alpha value is -0.910. The molecule has 0 aliphatic rings. The van der Waals surface area contributed by atoms with Gasteiger partial charge in [0, 0.05) is 13.6 Å². The number of fused-ring (bicyclic) bond motifs is 1. The van der Waals surface area contributed by atoms with Gasteiger partial charge in [0.25, 0.3) is 0 Å². The number of aliphatic hydroxyl groups is 1. The molecular weight excluding hydrogens is 427 g/mol. The second kappa shape index (κ2) is 5.84. The molecule has 0 heterocycles. The van der Waals surface area contributed by atoms with Gasteiger partial charge in [-0.1, -0.05) is 52.3 Å². The van der Waals surface area contributed by atoms with Gasteiger partial charge in [0.2, 0.25) is 0 Å². The van der Waals surface area contributed by atoms with Crippen LogP contribution in [0.5, 0.6) is 0 Å². The predicted octanol–water partition coefficient (Wildman–Crippen LogP) is 5.29. The minimum Gasteiger partial charge on any atom is -0.384 e. The molecule has 3 heteroatoms. The van der Waals surface area contributed by atoms with Crippen LogP contribution in [0.25, 0.3) is 10.8 Å². The van der Waals surface area contributed by atoms with Crippen LogP contribution in [0.3, 0.4) is 0 Å². The zero-order valence-corrected chi connectivity index (χ0v) is 14.3. The standard InChI is InChI=1S/C17H12BrIO/c18-16-8-7-14(19)10-15(16)17(20)13-6-5-11-3-1-2-4-12(11)9-13/h1-10,17,20H. The van der Waals surface area contributed by atoms with E-state index in [0.717, 1.165) is 24.6 Å². The molecule has 3 aromatic carbocycles. The van der Waals surface area contributed by atoms with Gasteiger partial charge >= 0.3 is 0 Å². The molecule has 0 saturated carbocycles. The summed E-state index contributed by atoms with van der Waals surface area (Å²) in [5.41, 5.74) is 1.80. The summed E-state index contributed by atoms with van der Waals surface area (Å²) in [6, 6.07) is 20.3. The Balaban J connectivity index is 2.07. The second-order valence-electron chi connectivity index (χ2n) is 4.67. The van der Waals surface area contributed by atoms with Crippen molar-refractivity contribution in [3.8, 4) is 0 Å². The molecule has 0 spiro atoms. The lowest BCUT2D eigenvalue weighted by Crippen LogP contribution is -2.01. The third kappa shape index (κ3) is 2.75. The molecule has 0 aromatic heterocycles. The van der Waals surface area contributed by atoms with E-state index in [9.17, 15) is 5.11 Å². The molecule has 1 unspecified atom stereocenters. The lowest BCUT2D eigenvalue weighted by molar-refractivity contribution is 0.219. The Morgan fingerprint density at radius 2 is 1.65 bits per heavy atom. The maximum absolute atomic E-state index is 10.6. The van der Waals surface area contributed by atoms with Crippen molar-refractivity contribution in [1.29, 1.82) is 0 Å². The van der Waals surface area contributed by atoms with Crippen molar-refractivity contribution in [2.75, 3.05) is 0 Å². The van der Waals surface area contributed by atoms with Crippen LogP contribution in [0.1, 0.15) is 17.2 Å². The molecule has 100 valence electrons. The average molecular weight is 439 g/mol. The third-order valence-electron chi connectivity index (χ3n) is 3.34. The minimum absolute atomic E-state index is 0.622. The molecule has 0 fully saturated rings. The summed E-state index contributed by atoms with van der Waals surface area (Å²) in [5, 5.41) is 13.0. The van der Waals surface area contributed by atoms with E-state index in [2.05, 4.69) is 56.7 Å². The van der Waals surface area contributed by atoms with E-state index < -0.39 is 6.10 Å².